The number of carbonyl (C=O) groups excluding carboxylic acids is 3. The van der Waals surface area contributed by atoms with Gasteiger partial charge in [0.2, 0.25) is 0 Å². The van der Waals surface area contributed by atoms with Gasteiger partial charge in [-0.2, -0.15) is 0 Å². The van der Waals surface area contributed by atoms with Crippen molar-refractivity contribution in [1.82, 2.24) is 0 Å². The quantitative estimate of drug-likeness (QED) is 0.0299. The van der Waals surface area contributed by atoms with Gasteiger partial charge in [0.1, 0.15) is 18.8 Å². The smallest absolute Gasteiger partial charge is 0.335 e. The van der Waals surface area contributed by atoms with Crippen LogP contribution in [0.3, 0.4) is 0 Å². The van der Waals surface area contributed by atoms with Gasteiger partial charge >= 0.3 is 23.9 Å². The Morgan fingerprint density at radius 2 is 0.699 bits per heavy atom. The molecule has 12 nitrogen and oxygen atoms in total. The Morgan fingerprint density at radius 1 is 0.397 bits per heavy atom. The Morgan fingerprint density at radius 3 is 1.03 bits per heavy atom. The maximum absolute atomic E-state index is 13.2. The lowest BCUT2D eigenvalue weighted by Gasteiger charge is -2.40. The average molecular weight is 1040 g/mol. The van der Waals surface area contributed by atoms with Gasteiger partial charge in [-0.05, 0) is 19.3 Å². The fraction of sp³-hybridized carbons (Fsp3) is 0.934. The molecule has 73 heavy (non-hydrogen) atoms. The number of aliphatic hydroxyl groups excluding tert-OH is 2. The van der Waals surface area contributed by atoms with Crippen molar-refractivity contribution in [3.05, 3.63) is 0 Å². The zero-order valence-corrected chi connectivity index (χ0v) is 47.4. The zero-order valence-electron chi connectivity index (χ0n) is 47.4. The lowest BCUT2D eigenvalue weighted by Crippen LogP contribution is -2.61. The molecule has 12 heteroatoms. The van der Waals surface area contributed by atoms with E-state index in [9.17, 15) is 34.5 Å². The van der Waals surface area contributed by atoms with Gasteiger partial charge in [-0.25, -0.2) is 4.79 Å². The SMILES string of the molecule is CCCCCCCCCCCCCCCCCC(=O)OCC(COC1OC(C(=O)O)C(O)C(O)C1OC(=O)CCCCCCCCCCCCCCC)OC(=O)CCCCCCCCCCCCCCCCC. The number of aliphatic carboxylic acids is 1. The summed E-state index contributed by atoms with van der Waals surface area (Å²) < 4.78 is 28.5. The molecule has 0 aromatic carbocycles. The highest BCUT2D eigenvalue weighted by atomic mass is 16.7. The molecule has 0 saturated carbocycles. The maximum atomic E-state index is 13.2. The van der Waals surface area contributed by atoms with Crippen LogP contribution < -0.4 is 0 Å². The molecule has 1 rings (SSSR count). The molecule has 1 saturated heterocycles. The summed E-state index contributed by atoms with van der Waals surface area (Å²) >= 11 is 0. The number of carboxylic acid groups (broad SMARTS) is 1. The number of aliphatic hydroxyl groups is 2. The van der Waals surface area contributed by atoms with Crippen molar-refractivity contribution in [3.8, 4) is 0 Å². The van der Waals surface area contributed by atoms with Gasteiger partial charge in [0.25, 0.3) is 0 Å². The Kier molecular flexibility index (Phi) is 47.6. The third-order valence-electron chi connectivity index (χ3n) is 14.7. The van der Waals surface area contributed by atoms with Gasteiger partial charge < -0.3 is 39.0 Å². The predicted octanol–water partition coefficient (Wildman–Crippen LogP) is 15.9. The van der Waals surface area contributed by atoms with Crippen LogP contribution in [-0.2, 0) is 42.9 Å². The first-order valence-electron chi connectivity index (χ1n) is 31.0. The van der Waals surface area contributed by atoms with Crippen molar-refractivity contribution in [2.24, 2.45) is 0 Å². The molecule has 1 heterocycles. The summed E-state index contributed by atoms with van der Waals surface area (Å²) in [7, 11) is 0. The van der Waals surface area contributed by atoms with E-state index in [-0.39, 0.29) is 25.9 Å². The Labute approximate surface area is 446 Å². The summed E-state index contributed by atoms with van der Waals surface area (Å²) in [6.45, 7) is 6.04. The molecule has 1 fully saturated rings. The van der Waals surface area contributed by atoms with E-state index in [4.69, 9.17) is 23.7 Å². The molecule has 0 radical (unpaired) electrons. The number of carbonyl (C=O) groups is 4. The number of esters is 3. The van der Waals surface area contributed by atoms with Gasteiger partial charge in [-0.15, -0.1) is 0 Å². The number of unbranched alkanes of at least 4 members (excludes halogenated alkanes) is 40. The van der Waals surface area contributed by atoms with Crippen LogP contribution in [0.2, 0.25) is 0 Å². The van der Waals surface area contributed by atoms with Crippen LogP contribution >= 0.6 is 0 Å². The van der Waals surface area contributed by atoms with Crippen LogP contribution in [-0.4, -0.2) is 89.2 Å². The first-order chi connectivity index (χ1) is 35.6. The first kappa shape index (κ1) is 68.7. The third kappa shape index (κ3) is 40.6. The maximum Gasteiger partial charge on any atom is 0.335 e. The minimum absolute atomic E-state index is 0.0704. The summed E-state index contributed by atoms with van der Waals surface area (Å²) in [6.07, 6.45) is 42.1. The van der Waals surface area contributed by atoms with Crippen molar-refractivity contribution in [2.45, 2.75) is 353 Å². The van der Waals surface area contributed by atoms with Gasteiger partial charge in [-0.3, -0.25) is 14.4 Å². The summed E-state index contributed by atoms with van der Waals surface area (Å²) in [5.74, 6) is -3.07. The van der Waals surface area contributed by atoms with E-state index in [0.29, 0.717) is 19.3 Å². The minimum Gasteiger partial charge on any atom is -0.479 e. The van der Waals surface area contributed by atoms with Crippen molar-refractivity contribution in [1.29, 1.82) is 0 Å². The highest BCUT2D eigenvalue weighted by Crippen LogP contribution is 2.27. The summed E-state index contributed by atoms with van der Waals surface area (Å²) in [4.78, 5) is 51.1. The number of hydrogen-bond donors (Lipinski definition) is 3. The molecule has 0 bridgehead atoms. The average Bonchev–Trinajstić information content (AvgIpc) is 3.37. The summed E-state index contributed by atoms with van der Waals surface area (Å²) in [6, 6.07) is 0. The van der Waals surface area contributed by atoms with Gasteiger partial charge in [0.05, 0.1) is 6.61 Å². The van der Waals surface area contributed by atoms with Crippen molar-refractivity contribution < 1.29 is 58.2 Å². The van der Waals surface area contributed by atoms with Crippen LogP contribution in [0.25, 0.3) is 0 Å². The fourth-order valence-corrected chi connectivity index (χ4v) is 9.90. The molecule has 3 N–H and O–H groups in total. The second kappa shape index (κ2) is 50.5. The van der Waals surface area contributed by atoms with Gasteiger partial charge in [-0.1, -0.05) is 278 Å². The lowest BCUT2D eigenvalue weighted by atomic mass is 9.98. The van der Waals surface area contributed by atoms with Gasteiger partial charge in [0.15, 0.2) is 24.6 Å². The number of rotatable bonds is 54. The molecular formula is C61H114O12. The Bertz CT molecular complexity index is 1280. The second-order valence-corrected chi connectivity index (χ2v) is 21.7. The Balaban J connectivity index is 2.66. The normalized spacial score (nSPS) is 18.2. The number of hydrogen-bond acceptors (Lipinski definition) is 11. The summed E-state index contributed by atoms with van der Waals surface area (Å²) in [5, 5.41) is 31.5. The summed E-state index contributed by atoms with van der Waals surface area (Å²) in [5.41, 5.74) is 0. The minimum atomic E-state index is -1.89. The van der Waals surface area contributed by atoms with Crippen LogP contribution in [0.15, 0.2) is 0 Å². The van der Waals surface area contributed by atoms with Crippen molar-refractivity contribution in [3.63, 3.8) is 0 Å². The van der Waals surface area contributed by atoms with E-state index in [1.165, 1.54) is 199 Å². The highest BCUT2D eigenvalue weighted by molar-refractivity contribution is 5.74. The van der Waals surface area contributed by atoms with Crippen molar-refractivity contribution in [2.75, 3.05) is 13.2 Å². The highest BCUT2D eigenvalue weighted by Gasteiger charge is 2.50. The van der Waals surface area contributed by atoms with E-state index in [2.05, 4.69) is 20.8 Å². The second-order valence-electron chi connectivity index (χ2n) is 21.7. The van der Waals surface area contributed by atoms with E-state index in [1.807, 2.05) is 0 Å². The fourth-order valence-electron chi connectivity index (χ4n) is 9.90. The first-order valence-corrected chi connectivity index (χ1v) is 31.0. The van der Waals surface area contributed by atoms with E-state index in [1.54, 1.807) is 0 Å². The Hall–Kier alpha value is -2.28. The van der Waals surface area contributed by atoms with Crippen molar-refractivity contribution >= 4 is 23.9 Å². The zero-order chi connectivity index (χ0) is 53.3. The molecule has 0 aromatic heterocycles. The number of ether oxygens (including phenoxy) is 5. The molecule has 0 aromatic rings. The monoisotopic (exact) mass is 1040 g/mol. The molecule has 0 aliphatic carbocycles. The van der Waals surface area contributed by atoms with Crippen LogP contribution in [0, 0.1) is 0 Å². The molecule has 0 amide bonds. The molecule has 0 spiro atoms. The van der Waals surface area contributed by atoms with E-state index < -0.39 is 67.3 Å². The molecule has 6 unspecified atom stereocenters. The van der Waals surface area contributed by atoms with Crippen LogP contribution in [0.1, 0.15) is 316 Å². The molecule has 430 valence electrons. The third-order valence-corrected chi connectivity index (χ3v) is 14.7. The van der Waals surface area contributed by atoms with E-state index >= 15 is 0 Å². The van der Waals surface area contributed by atoms with Crippen LogP contribution in [0.5, 0.6) is 0 Å². The molecule has 1 aliphatic rings. The number of carboxylic acids is 1. The lowest BCUT2D eigenvalue weighted by molar-refractivity contribution is -0.301. The van der Waals surface area contributed by atoms with Gasteiger partial charge in [0, 0.05) is 19.3 Å². The largest absolute Gasteiger partial charge is 0.479 e. The molecule has 1 aliphatic heterocycles. The molecule has 6 atom stereocenters. The predicted molar refractivity (Wildman–Crippen MR) is 294 cm³/mol. The van der Waals surface area contributed by atoms with E-state index in [0.717, 1.165) is 57.8 Å². The topological polar surface area (TPSA) is 175 Å². The van der Waals surface area contributed by atoms with Crippen LogP contribution in [0.4, 0.5) is 0 Å². The molecular weight excluding hydrogens is 925 g/mol. The standard InChI is InChI=1S/C61H114O12/c1-4-7-10-13-16-19-22-25-27-30-32-35-38-41-44-47-53(62)69-50-52(71-54(63)48-45-42-39-36-34-31-28-26-23-20-17-14-11-8-5-2)51-70-61-59(57(66)56(65)58(73-61)60(67)68)72-55(64)49-46-43-40-37-33-29-24-21-18-15-12-9-6-3/h52,56-59,61,65-66H,4-51H2,1-3H3,(H,67,68).